The van der Waals surface area contributed by atoms with Gasteiger partial charge in [0.2, 0.25) is 0 Å². The smallest absolute Gasteiger partial charge is 0.270 e. The highest BCUT2D eigenvalue weighted by Crippen LogP contribution is 2.21. The monoisotopic (exact) mass is 274 g/mol. The standard InChI is InChI=1S/C14H14N2O4/c1-14(2,3)13(18)10-7-15-11-5-4-8(16(19)20)6-9(11)12(10)17/h4-7H,1-3H3,(H,15,17). The first kappa shape index (κ1) is 13.9. The van der Waals surface area contributed by atoms with E-state index in [-0.39, 0.29) is 22.4 Å². The Balaban J connectivity index is 2.72. The van der Waals surface area contributed by atoms with Crippen molar-refractivity contribution in [3.05, 3.63) is 50.3 Å². The summed E-state index contributed by atoms with van der Waals surface area (Å²) in [4.78, 5) is 37.5. The maximum Gasteiger partial charge on any atom is 0.270 e. The Kier molecular flexibility index (Phi) is 3.17. The number of fused-ring (bicyclic) bond motifs is 1. The molecule has 1 aromatic heterocycles. The lowest BCUT2D eigenvalue weighted by Crippen LogP contribution is -2.26. The van der Waals surface area contributed by atoms with Gasteiger partial charge in [0.05, 0.1) is 15.9 Å². The number of Topliss-reactive ketones (excluding diaryl/α,β-unsaturated/α-hetero) is 1. The molecule has 0 atom stereocenters. The second-order valence-corrected chi connectivity index (χ2v) is 5.60. The van der Waals surface area contributed by atoms with Crippen molar-refractivity contribution in [3.63, 3.8) is 0 Å². The molecule has 1 heterocycles. The van der Waals surface area contributed by atoms with Crippen LogP contribution in [0.4, 0.5) is 5.69 Å². The van der Waals surface area contributed by atoms with Gasteiger partial charge in [-0.15, -0.1) is 0 Å². The van der Waals surface area contributed by atoms with E-state index in [2.05, 4.69) is 4.98 Å². The third kappa shape index (κ3) is 2.32. The number of benzene rings is 1. The number of pyridine rings is 1. The molecule has 2 rings (SSSR count). The molecule has 0 aliphatic heterocycles. The lowest BCUT2D eigenvalue weighted by molar-refractivity contribution is -0.384. The number of aromatic amines is 1. The van der Waals surface area contributed by atoms with Crippen molar-refractivity contribution in [2.45, 2.75) is 20.8 Å². The first-order valence-electron chi connectivity index (χ1n) is 6.06. The van der Waals surface area contributed by atoms with Crippen molar-refractivity contribution < 1.29 is 9.72 Å². The lowest BCUT2D eigenvalue weighted by Gasteiger charge is -2.16. The zero-order chi connectivity index (χ0) is 15.1. The molecule has 0 fully saturated rings. The zero-order valence-corrected chi connectivity index (χ0v) is 11.4. The number of carbonyl (C=O) groups is 1. The Morgan fingerprint density at radius 3 is 2.50 bits per heavy atom. The molecule has 6 heteroatoms. The van der Waals surface area contributed by atoms with Crippen LogP contribution >= 0.6 is 0 Å². The summed E-state index contributed by atoms with van der Waals surface area (Å²) in [5.74, 6) is -0.299. The number of nitrogens with zero attached hydrogens (tertiary/aromatic N) is 1. The first-order chi connectivity index (χ1) is 9.21. The number of carbonyl (C=O) groups excluding carboxylic acids is 1. The highest BCUT2D eigenvalue weighted by atomic mass is 16.6. The summed E-state index contributed by atoms with van der Waals surface area (Å²) >= 11 is 0. The van der Waals surface area contributed by atoms with Crippen LogP contribution in [0.3, 0.4) is 0 Å². The van der Waals surface area contributed by atoms with Crippen molar-refractivity contribution in [1.82, 2.24) is 4.98 Å². The molecule has 1 aromatic carbocycles. The molecule has 20 heavy (non-hydrogen) atoms. The number of H-pyrrole nitrogens is 1. The van der Waals surface area contributed by atoms with E-state index in [9.17, 15) is 19.7 Å². The fourth-order valence-corrected chi connectivity index (χ4v) is 1.89. The average molecular weight is 274 g/mol. The van der Waals surface area contributed by atoms with Gasteiger partial charge in [0.15, 0.2) is 11.2 Å². The van der Waals surface area contributed by atoms with E-state index in [1.165, 1.54) is 24.4 Å². The van der Waals surface area contributed by atoms with Gasteiger partial charge in [-0.3, -0.25) is 19.7 Å². The minimum Gasteiger partial charge on any atom is -0.360 e. The first-order valence-corrected chi connectivity index (χ1v) is 6.06. The van der Waals surface area contributed by atoms with E-state index in [1.54, 1.807) is 20.8 Å². The molecular weight excluding hydrogens is 260 g/mol. The summed E-state index contributed by atoms with van der Waals surface area (Å²) in [7, 11) is 0. The maximum atomic E-state index is 12.3. The number of rotatable bonds is 2. The van der Waals surface area contributed by atoms with Gasteiger partial charge in [0, 0.05) is 29.3 Å². The number of hydrogen-bond donors (Lipinski definition) is 1. The predicted molar refractivity (Wildman–Crippen MR) is 75.0 cm³/mol. The van der Waals surface area contributed by atoms with E-state index >= 15 is 0 Å². The Labute approximate surface area is 114 Å². The Hall–Kier alpha value is -2.50. The number of non-ortho nitro benzene ring substituents is 1. The third-order valence-electron chi connectivity index (χ3n) is 3.00. The number of nitro benzene ring substituents is 1. The predicted octanol–water partition coefficient (Wildman–Crippen LogP) is 2.67. The summed E-state index contributed by atoms with van der Waals surface area (Å²) in [6, 6.07) is 3.96. The summed E-state index contributed by atoms with van der Waals surface area (Å²) in [6.07, 6.45) is 1.37. The lowest BCUT2D eigenvalue weighted by atomic mass is 9.86. The van der Waals surface area contributed by atoms with Crippen LogP contribution in [0.25, 0.3) is 10.9 Å². The fraction of sp³-hybridized carbons (Fsp3) is 0.286. The van der Waals surface area contributed by atoms with Crippen molar-refractivity contribution in [2.75, 3.05) is 0 Å². The molecule has 6 nitrogen and oxygen atoms in total. The van der Waals surface area contributed by atoms with Crippen LogP contribution in [-0.2, 0) is 0 Å². The summed E-state index contributed by atoms with van der Waals surface area (Å²) in [5, 5.41) is 10.9. The summed E-state index contributed by atoms with van der Waals surface area (Å²) in [6.45, 7) is 5.14. The number of hydrogen-bond acceptors (Lipinski definition) is 4. The molecular formula is C14H14N2O4. The van der Waals surface area contributed by atoms with Gasteiger partial charge >= 0.3 is 0 Å². The minimum atomic E-state index is -0.693. The van der Waals surface area contributed by atoms with E-state index in [0.29, 0.717) is 5.52 Å². The summed E-state index contributed by atoms with van der Waals surface area (Å²) < 4.78 is 0. The van der Waals surface area contributed by atoms with Gasteiger partial charge < -0.3 is 4.98 Å². The maximum absolute atomic E-state index is 12.3. The van der Waals surface area contributed by atoms with Crippen LogP contribution in [0.15, 0.2) is 29.2 Å². The molecule has 0 saturated carbocycles. The number of nitro groups is 1. The highest BCUT2D eigenvalue weighted by Gasteiger charge is 2.26. The Morgan fingerprint density at radius 2 is 1.95 bits per heavy atom. The number of ketones is 1. The molecule has 104 valence electrons. The zero-order valence-electron chi connectivity index (χ0n) is 11.4. The van der Waals surface area contributed by atoms with Crippen molar-refractivity contribution in [1.29, 1.82) is 0 Å². The van der Waals surface area contributed by atoms with Crippen LogP contribution in [-0.4, -0.2) is 15.7 Å². The highest BCUT2D eigenvalue weighted by molar-refractivity contribution is 6.01. The molecule has 0 amide bonds. The van der Waals surface area contributed by atoms with Crippen molar-refractivity contribution in [2.24, 2.45) is 5.41 Å². The van der Waals surface area contributed by atoms with Crippen LogP contribution in [0.5, 0.6) is 0 Å². The van der Waals surface area contributed by atoms with Gasteiger partial charge in [0.25, 0.3) is 5.69 Å². The van der Waals surface area contributed by atoms with Gasteiger partial charge in [-0.05, 0) is 6.07 Å². The number of nitrogens with one attached hydrogen (secondary N) is 1. The van der Waals surface area contributed by atoms with Gasteiger partial charge in [-0.25, -0.2) is 0 Å². The van der Waals surface area contributed by atoms with Crippen molar-refractivity contribution >= 4 is 22.4 Å². The van der Waals surface area contributed by atoms with E-state index in [0.717, 1.165) is 0 Å². The summed E-state index contributed by atoms with van der Waals surface area (Å²) in [5.41, 5.74) is -0.872. The Morgan fingerprint density at radius 1 is 1.30 bits per heavy atom. The van der Waals surface area contributed by atoms with E-state index < -0.39 is 15.8 Å². The second-order valence-electron chi connectivity index (χ2n) is 5.60. The number of aromatic nitrogens is 1. The molecule has 2 aromatic rings. The Bertz CT molecular complexity index is 769. The fourth-order valence-electron chi connectivity index (χ4n) is 1.89. The van der Waals surface area contributed by atoms with E-state index in [1.807, 2.05) is 0 Å². The topological polar surface area (TPSA) is 93.1 Å². The second kappa shape index (κ2) is 4.56. The third-order valence-corrected chi connectivity index (χ3v) is 3.00. The molecule has 0 unspecified atom stereocenters. The van der Waals surface area contributed by atoms with Crippen LogP contribution in [0.2, 0.25) is 0 Å². The molecule has 1 N–H and O–H groups in total. The molecule has 0 aliphatic rings. The normalized spacial score (nSPS) is 11.6. The molecule has 0 spiro atoms. The molecule has 0 aliphatic carbocycles. The van der Waals surface area contributed by atoms with Gasteiger partial charge in [0.1, 0.15) is 0 Å². The van der Waals surface area contributed by atoms with Crippen molar-refractivity contribution in [3.8, 4) is 0 Å². The molecule has 0 saturated heterocycles. The van der Waals surface area contributed by atoms with Gasteiger partial charge in [-0.1, -0.05) is 20.8 Å². The van der Waals surface area contributed by atoms with Gasteiger partial charge in [-0.2, -0.15) is 0 Å². The molecule has 0 bridgehead atoms. The van der Waals surface area contributed by atoms with E-state index in [4.69, 9.17) is 0 Å². The minimum absolute atomic E-state index is 0.0190. The van der Waals surface area contributed by atoms with Crippen LogP contribution < -0.4 is 5.43 Å². The van der Waals surface area contributed by atoms with Crippen LogP contribution in [0.1, 0.15) is 31.1 Å². The largest absolute Gasteiger partial charge is 0.360 e. The van der Waals surface area contributed by atoms with Crippen LogP contribution in [0, 0.1) is 15.5 Å². The SMILES string of the molecule is CC(C)(C)C(=O)c1c[nH]c2ccc([N+](=O)[O-])cc2c1=O. The molecule has 0 radical (unpaired) electrons. The average Bonchev–Trinajstić information content (AvgIpc) is 2.37. The quantitative estimate of drug-likeness (QED) is 0.517.